The summed E-state index contributed by atoms with van der Waals surface area (Å²) in [6.45, 7) is 5.43. The van der Waals surface area contributed by atoms with Crippen molar-refractivity contribution in [3.05, 3.63) is 0 Å². The molecule has 14 heavy (non-hydrogen) atoms. The molecule has 1 saturated carbocycles. The van der Waals surface area contributed by atoms with Crippen molar-refractivity contribution in [2.24, 2.45) is 5.92 Å². The highest BCUT2D eigenvalue weighted by molar-refractivity contribution is 5.75. The molecule has 3 unspecified atom stereocenters. The van der Waals surface area contributed by atoms with E-state index in [0.717, 1.165) is 12.5 Å². The lowest BCUT2D eigenvalue weighted by Gasteiger charge is -2.31. The monoisotopic (exact) mass is 197 g/mol. The minimum Gasteiger partial charge on any atom is -0.465 e. The van der Waals surface area contributed by atoms with E-state index in [1.807, 2.05) is 13.8 Å². The number of piperidine rings is 1. The summed E-state index contributed by atoms with van der Waals surface area (Å²) >= 11 is 0. The van der Waals surface area contributed by atoms with Gasteiger partial charge in [0.25, 0.3) is 0 Å². The number of carbonyl (C=O) groups excluding carboxylic acids is 1. The van der Waals surface area contributed by atoms with Crippen molar-refractivity contribution in [1.82, 2.24) is 4.90 Å². The Balaban J connectivity index is 1.92. The summed E-state index contributed by atoms with van der Waals surface area (Å²) in [6, 6.07) is 0.615. The molecule has 1 aliphatic heterocycles. The molecule has 80 valence electrons. The molecule has 2 aliphatic rings. The maximum absolute atomic E-state index is 11.5. The van der Waals surface area contributed by atoms with Crippen LogP contribution in [0.1, 0.15) is 33.1 Å². The minimum absolute atomic E-state index is 0.0368. The van der Waals surface area contributed by atoms with E-state index in [1.54, 1.807) is 0 Å². The fourth-order valence-electron chi connectivity index (χ4n) is 2.84. The second-order valence-electron chi connectivity index (χ2n) is 4.46. The Morgan fingerprint density at radius 3 is 2.86 bits per heavy atom. The van der Waals surface area contributed by atoms with Crippen molar-refractivity contribution in [3.8, 4) is 0 Å². The molecular weight excluding hydrogens is 178 g/mol. The molecule has 3 heteroatoms. The lowest BCUT2D eigenvalue weighted by molar-refractivity contribution is -0.149. The molecule has 1 saturated heterocycles. The predicted octanol–water partition coefficient (Wildman–Crippen LogP) is 1.42. The van der Waals surface area contributed by atoms with E-state index in [1.165, 1.54) is 19.3 Å². The second kappa shape index (κ2) is 3.89. The molecule has 0 amide bonds. The van der Waals surface area contributed by atoms with Crippen molar-refractivity contribution in [1.29, 1.82) is 0 Å². The van der Waals surface area contributed by atoms with Gasteiger partial charge >= 0.3 is 5.97 Å². The van der Waals surface area contributed by atoms with Gasteiger partial charge in [0.05, 0.1) is 6.61 Å². The molecule has 0 spiro atoms. The standard InChI is InChI=1S/C11H19NO2/c1-3-14-11(13)8(2)12-7-9-4-5-10(12)6-9/h8-10H,3-7H2,1-2H3. The van der Waals surface area contributed by atoms with Crippen LogP contribution >= 0.6 is 0 Å². The van der Waals surface area contributed by atoms with Crippen LogP contribution in [0.2, 0.25) is 0 Å². The van der Waals surface area contributed by atoms with E-state index < -0.39 is 0 Å². The van der Waals surface area contributed by atoms with Crippen LogP contribution in [0.3, 0.4) is 0 Å². The largest absolute Gasteiger partial charge is 0.465 e. The average Bonchev–Trinajstić information content (AvgIpc) is 2.77. The molecule has 3 atom stereocenters. The molecule has 3 nitrogen and oxygen atoms in total. The quantitative estimate of drug-likeness (QED) is 0.641. The van der Waals surface area contributed by atoms with Crippen LogP contribution in [0.15, 0.2) is 0 Å². The number of carbonyl (C=O) groups is 1. The van der Waals surface area contributed by atoms with Gasteiger partial charge in [0.15, 0.2) is 0 Å². The van der Waals surface area contributed by atoms with Crippen LogP contribution in [-0.2, 0) is 9.53 Å². The SMILES string of the molecule is CCOC(=O)C(C)N1CC2CCC1C2. The second-order valence-corrected chi connectivity index (χ2v) is 4.46. The van der Waals surface area contributed by atoms with E-state index in [0.29, 0.717) is 12.6 Å². The molecule has 1 heterocycles. The lowest BCUT2D eigenvalue weighted by Crippen LogP contribution is -2.44. The third-order valence-corrected chi connectivity index (χ3v) is 3.58. The zero-order chi connectivity index (χ0) is 10.1. The maximum Gasteiger partial charge on any atom is 0.323 e. The summed E-state index contributed by atoms with van der Waals surface area (Å²) < 4.78 is 5.04. The third-order valence-electron chi connectivity index (χ3n) is 3.58. The predicted molar refractivity (Wildman–Crippen MR) is 53.9 cm³/mol. The summed E-state index contributed by atoms with van der Waals surface area (Å²) in [5, 5.41) is 0. The van der Waals surface area contributed by atoms with Gasteiger partial charge in [0, 0.05) is 12.6 Å². The Kier molecular flexibility index (Phi) is 2.77. The van der Waals surface area contributed by atoms with Crippen molar-refractivity contribution in [2.45, 2.75) is 45.2 Å². The van der Waals surface area contributed by atoms with Crippen LogP contribution in [-0.4, -0.2) is 36.1 Å². The van der Waals surface area contributed by atoms with E-state index in [-0.39, 0.29) is 12.0 Å². The normalized spacial score (nSPS) is 33.3. The first kappa shape index (κ1) is 9.97. The molecule has 0 aromatic heterocycles. The number of nitrogens with zero attached hydrogens (tertiary/aromatic N) is 1. The molecule has 0 N–H and O–H groups in total. The first-order valence-corrected chi connectivity index (χ1v) is 5.64. The highest BCUT2D eigenvalue weighted by atomic mass is 16.5. The van der Waals surface area contributed by atoms with Gasteiger partial charge in [-0.3, -0.25) is 9.69 Å². The molecule has 2 bridgehead atoms. The van der Waals surface area contributed by atoms with Gasteiger partial charge in [-0.2, -0.15) is 0 Å². The number of hydrogen-bond donors (Lipinski definition) is 0. The molecule has 0 aromatic rings. The van der Waals surface area contributed by atoms with Crippen molar-refractivity contribution < 1.29 is 9.53 Å². The van der Waals surface area contributed by atoms with Gasteiger partial charge in [-0.15, -0.1) is 0 Å². The summed E-state index contributed by atoms with van der Waals surface area (Å²) in [5.74, 6) is 0.789. The molecule has 1 aliphatic carbocycles. The van der Waals surface area contributed by atoms with Crippen LogP contribution in [0.4, 0.5) is 0 Å². The average molecular weight is 197 g/mol. The van der Waals surface area contributed by atoms with Gasteiger partial charge < -0.3 is 4.74 Å². The number of rotatable bonds is 3. The van der Waals surface area contributed by atoms with Gasteiger partial charge in [0.1, 0.15) is 6.04 Å². The molecule has 0 aromatic carbocycles. The van der Waals surface area contributed by atoms with E-state index in [4.69, 9.17) is 4.74 Å². The highest BCUT2D eigenvalue weighted by Crippen LogP contribution is 2.38. The Labute approximate surface area is 85.4 Å². The summed E-state index contributed by atoms with van der Waals surface area (Å²) in [6.07, 6.45) is 3.93. The number of fused-ring (bicyclic) bond motifs is 2. The van der Waals surface area contributed by atoms with Crippen LogP contribution in [0.25, 0.3) is 0 Å². The topological polar surface area (TPSA) is 29.5 Å². The summed E-state index contributed by atoms with van der Waals surface area (Å²) in [5.41, 5.74) is 0. The fourth-order valence-corrected chi connectivity index (χ4v) is 2.84. The number of esters is 1. The van der Waals surface area contributed by atoms with Gasteiger partial charge in [0.2, 0.25) is 0 Å². The first-order valence-electron chi connectivity index (χ1n) is 5.64. The summed E-state index contributed by atoms with van der Waals surface area (Å²) in [4.78, 5) is 13.9. The van der Waals surface area contributed by atoms with Crippen LogP contribution in [0.5, 0.6) is 0 Å². The zero-order valence-electron chi connectivity index (χ0n) is 9.03. The van der Waals surface area contributed by atoms with Crippen molar-refractivity contribution in [3.63, 3.8) is 0 Å². The number of hydrogen-bond acceptors (Lipinski definition) is 3. The van der Waals surface area contributed by atoms with E-state index in [9.17, 15) is 4.79 Å². The zero-order valence-corrected chi connectivity index (χ0v) is 9.03. The van der Waals surface area contributed by atoms with Gasteiger partial charge in [-0.25, -0.2) is 0 Å². The maximum atomic E-state index is 11.5. The van der Waals surface area contributed by atoms with Crippen LogP contribution in [0, 0.1) is 5.92 Å². The lowest BCUT2D eigenvalue weighted by atomic mass is 10.1. The van der Waals surface area contributed by atoms with E-state index >= 15 is 0 Å². The van der Waals surface area contributed by atoms with E-state index in [2.05, 4.69) is 4.90 Å². The Morgan fingerprint density at radius 2 is 2.36 bits per heavy atom. The fraction of sp³-hybridized carbons (Fsp3) is 0.909. The number of ether oxygens (including phenoxy) is 1. The Bertz CT molecular complexity index is 229. The first-order chi connectivity index (χ1) is 6.72. The third kappa shape index (κ3) is 1.65. The molecular formula is C11H19NO2. The Hall–Kier alpha value is -0.570. The van der Waals surface area contributed by atoms with Crippen molar-refractivity contribution >= 4 is 5.97 Å². The van der Waals surface area contributed by atoms with Gasteiger partial charge in [-0.05, 0) is 39.0 Å². The summed E-state index contributed by atoms with van der Waals surface area (Å²) in [7, 11) is 0. The number of likely N-dealkylation sites (tertiary alicyclic amines) is 1. The molecule has 2 rings (SSSR count). The Morgan fingerprint density at radius 1 is 1.57 bits per heavy atom. The minimum atomic E-state index is -0.0555. The van der Waals surface area contributed by atoms with Gasteiger partial charge in [-0.1, -0.05) is 0 Å². The van der Waals surface area contributed by atoms with Crippen molar-refractivity contribution in [2.75, 3.05) is 13.2 Å². The molecule has 0 radical (unpaired) electrons. The molecule has 2 fully saturated rings. The highest BCUT2D eigenvalue weighted by Gasteiger charge is 2.41. The smallest absolute Gasteiger partial charge is 0.323 e. The van der Waals surface area contributed by atoms with Crippen LogP contribution < -0.4 is 0 Å².